The summed E-state index contributed by atoms with van der Waals surface area (Å²) >= 11 is 0. The van der Waals surface area contributed by atoms with Crippen molar-refractivity contribution in [3.8, 4) is 0 Å². The number of pyridine rings is 1. The van der Waals surface area contributed by atoms with E-state index in [4.69, 9.17) is 5.84 Å². The van der Waals surface area contributed by atoms with Gasteiger partial charge in [-0.2, -0.15) is 0 Å². The number of carbonyl (C=O) groups is 1. The standard InChI is InChI=1S/C13H12F2N4O/c1-7-5-6-8(14)12(11(7)15)18-13(20)9-3-2-4-10(17-9)19-16/h2-6H,16H2,1H3,(H,17,19)(H,18,20). The van der Waals surface area contributed by atoms with E-state index in [2.05, 4.69) is 15.7 Å². The molecule has 5 nitrogen and oxygen atoms in total. The van der Waals surface area contributed by atoms with Crippen LogP contribution in [0.5, 0.6) is 0 Å². The molecule has 0 aliphatic carbocycles. The van der Waals surface area contributed by atoms with Crippen LogP contribution in [0.4, 0.5) is 20.3 Å². The number of nitrogen functional groups attached to an aromatic ring is 1. The smallest absolute Gasteiger partial charge is 0.274 e. The van der Waals surface area contributed by atoms with Crippen LogP contribution in [0, 0.1) is 18.6 Å². The fraction of sp³-hybridized carbons (Fsp3) is 0.0769. The molecule has 104 valence electrons. The molecular formula is C13H12F2N4O. The van der Waals surface area contributed by atoms with Crippen molar-refractivity contribution >= 4 is 17.4 Å². The lowest BCUT2D eigenvalue weighted by atomic mass is 10.2. The van der Waals surface area contributed by atoms with Gasteiger partial charge >= 0.3 is 0 Å². The monoisotopic (exact) mass is 278 g/mol. The molecule has 1 aromatic heterocycles. The number of halogens is 2. The van der Waals surface area contributed by atoms with Crippen molar-refractivity contribution in [1.29, 1.82) is 0 Å². The largest absolute Gasteiger partial charge is 0.316 e. The van der Waals surface area contributed by atoms with E-state index in [-0.39, 0.29) is 17.1 Å². The molecule has 0 spiro atoms. The van der Waals surface area contributed by atoms with Crippen LogP contribution in [0.15, 0.2) is 30.3 Å². The number of anilines is 2. The Labute approximate surface area is 113 Å². The van der Waals surface area contributed by atoms with Gasteiger partial charge in [0.05, 0.1) is 0 Å². The summed E-state index contributed by atoms with van der Waals surface area (Å²) in [6.45, 7) is 1.47. The van der Waals surface area contributed by atoms with E-state index in [0.29, 0.717) is 0 Å². The van der Waals surface area contributed by atoms with Gasteiger partial charge in [-0.05, 0) is 30.7 Å². The van der Waals surface area contributed by atoms with Gasteiger partial charge in [0.15, 0.2) is 5.82 Å². The van der Waals surface area contributed by atoms with Gasteiger partial charge in [-0.3, -0.25) is 4.79 Å². The number of nitrogens with two attached hydrogens (primary N) is 1. The van der Waals surface area contributed by atoms with Crippen molar-refractivity contribution in [3.63, 3.8) is 0 Å². The molecule has 0 radical (unpaired) electrons. The molecule has 0 atom stereocenters. The normalized spacial score (nSPS) is 10.2. The number of aryl methyl sites for hydroxylation is 1. The number of nitrogens with zero attached hydrogens (tertiary/aromatic N) is 1. The zero-order valence-electron chi connectivity index (χ0n) is 10.6. The summed E-state index contributed by atoms with van der Waals surface area (Å²) in [6.07, 6.45) is 0. The number of hydrogen-bond donors (Lipinski definition) is 3. The highest BCUT2D eigenvalue weighted by Crippen LogP contribution is 2.22. The number of hydrazine groups is 1. The third-order valence-corrected chi connectivity index (χ3v) is 2.65. The summed E-state index contributed by atoms with van der Waals surface area (Å²) in [6, 6.07) is 6.86. The summed E-state index contributed by atoms with van der Waals surface area (Å²) in [4.78, 5) is 15.8. The SMILES string of the molecule is Cc1ccc(F)c(NC(=O)c2cccc(NN)n2)c1F. The molecule has 20 heavy (non-hydrogen) atoms. The molecule has 0 aliphatic rings. The number of amides is 1. The molecule has 1 heterocycles. The average Bonchev–Trinajstić information content (AvgIpc) is 2.47. The molecule has 0 aliphatic heterocycles. The lowest BCUT2D eigenvalue weighted by Crippen LogP contribution is -2.17. The van der Waals surface area contributed by atoms with Crippen molar-refractivity contribution in [2.75, 3.05) is 10.7 Å². The van der Waals surface area contributed by atoms with Crippen LogP contribution in [0.1, 0.15) is 16.1 Å². The minimum absolute atomic E-state index is 0.0132. The topological polar surface area (TPSA) is 80.0 Å². The predicted octanol–water partition coefficient (Wildman–Crippen LogP) is 2.21. The van der Waals surface area contributed by atoms with E-state index in [9.17, 15) is 13.6 Å². The molecule has 0 saturated carbocycles. The number of carbonyl (C=O) groups excluding carboxylic acids is 1. The van der Waals surface area contributed by atoms with Crippen molar-refractivity contribution < 1.29 is 13.6 Å². The second kappa shape index (κ2) is 5.62. The summed E-state index contributed by atoms with van der Waals surface area (Å²) in [5.74, 6) is 3.05. The predicted molar refractivity (Wildman–Crippen MR) is 71.1 cm³/mol. The summed E-state index contributed by atoms with van der Waals surface area (Å²) < 4.78 is 27.3. The highest BCUT2D eigenvalue weighted by Gasteiger charge is 2.16. The summed E-state index contributed by atoms with van der Waals surface area (Å²) in [5, 5.41) is 2.17. The number of aromatic nitrogens is 1. The molecule has 2 aromatic rings. The molecule has 0 fully saturated rings. The van der Waals surface area contributed by atoms with Crippen LogP contribution in [0.2, 0.25) is 0 Å². The van der Waals surface area contributed by atoms with Crippen LogP contribution in [0.25, 0.3) is 0 Å². The third kappa shape index (κ3) is 2.72. The third-order valence-electron chi connectivity index (χ3n) is 2.65. The molecule has 0 saturated heterocycles. The van der Waals surface area contributed by atoms with Gasteiger partial charge < -0.3 is 10.7 Å². The zero-order chi connectivity index (χ0) is 14.7. The van der Waals surface area contributed by atoms with Gasteiger partial charge in [0.1, 0.15) is 23.0 Å². The Morgan fingerprint density at radius 3 is 2.70 bits per heavy atom. The van der Waals surface area contributed by atoms with Gasteiger partial charge in [0.25, 0.3) is 5.91 Å². The van der Waals surface area contributed by atoms with Gasteiger partial charge in [-0.15, -0.1) is 0 Å². The molecule has 0 bridgehead atoms. The molecule has 4 N–H and O–H groups in total. The second-order valence-electron chi connectivity index (χ2n) is 4.06. The first-order chi connectivity index (χ1) is 9.52. The Kier molecular flexibility index (Phi) is 3.90. The first-order valence-electron chi connectivity index (χ1n) is 5.72. The van der Waals surface area contributed by atoms with E-state index in [0.717, 1.165) is 6.07 Å². The fourth-order valence-electron chi connectivity index (χ4n) is 1.59. The summed E-state index contributed by atoms with van der Waals surface area (Å²) in [7, 11) is 0. The highest BCUT2D eigenvalue weighted by molar-refractivity contribution is 6.03. The van der Waals surface area contributed by atoms with Crippen molar-refractivity contribution in [2.24, 2.45) is 5.84 Å². The van der Waals surface area contributed by atoms with Crippen LogP contribution in [-0.4, -0.2) is 10.9 Å². The molecule has 0 unspecified atom stereocenters. The Balaban J connectivity index is 2.30. The second-order valence-corrected chi connectivity index (χ2v) is 4.06. The Hall–Kier alpha value is -2.54. The summed E-state index contributed by atoms with van der Waals surface area (Å²) in [5.41, 5.74) is 2.00. The maximum absolute atomic E-state index is 13.8. The van der Waals surface area contributed by atoms with Crippen molar-refractivity contribution in [3.05, 3.63) is 53.2 Å². The Morgan fingerprint density at radius 2 is 2.00 bits per heavy atom. The molecule has 7 heteroatoms. The van der Waals surface area contributed by atoms with Gasteiger partial charge in [0, 0.05) is 0 Å². The molecule has 1 aromatic carbocycles. The first kappa shape index (κ1) is 13.9. The fourth-order valence-corrected chi connectivity index (χ4v) is 1.59. The highest BCUT2D eigenvalue weighted by atomic mass is 19.1. The van der Waals surface area contributed by atoms with Crippen LogP contribution < -0.4 is 16.6 Å². The number of hydrogen-bond acceptors (Lipinski definition) is 4. The van der Waals surface area contributed by atoms with Gasteiger partial charge in [0.2, 0.25) is 0 Å². The minimum atomic E-state index is -0.852. The molecular weight excluding hydrogens is 266 g/mol. The average molecular weight is 278 g/mol. The minimum Gasteiger partial charge on any atom is -0.316 e. The Morgan fingerprint density at radius 1 is 1.25 bits per heavy atom. The number of benzene rings is 1. The lowest BCUT2D eigenvalue weighted by Gasteiger charge is -2.09. The maximum atomic E-state index is 13.8. The van der Waals surface area contributed by atoms with Gasteiger partial charge in [-0.1, -0.05) is 12.1 Å². The maximum Gasteiger partial charge on any atom is 0.274 e. The quantitative estimate of drug-likeness (QED) is 0.594. The molecule has 2 rings (SSSR count). The first-order valence-corrected chi connectivity index (χ1v) is 5.72. The molecule has 1 amide bonds. The number of nitrogens with one attached hydrogen (secondary N) is 2. The van der Waals surface area contributed by atoms with Crippen LogP contribution in [0.3, 0.4) is 0 Å². The number of rotatable bonds is 3. The van der Waals surface area contributed by atoms with Crippen LogP contribution >= 0.6 is 0 Å². The van der Waals surface area contributed by atoms with Crippen molar-refractivity contribution in [2.45, 2.75) is 6.92 Å². The van der Waals surface area contributed by atoms with Crippen LogP contribution in [-0.2, 0) is 0 Å². The van der Waals surface area contributed by atoms with E-state index < -0.39 is 23.2 Å². The van der Waals surface area contributed by atoms with Gasteiger partial charge in [-0.25, -0.2) is 19.6 Å². The van der Waals surface area contributed by atoms with E-state index in [1.807, 2.05) is 0 Å². The van der Waals surface area contributed by atoms with E-state index in [1.54, 1.807) is 12.1 Å². The van der Waals surface area contributed by atoms with E-state index >= 15 is 0 Å². The van der Waals surface area contributed by atoms with Crippen molar-refractivity contribution in [1.82, 2.24) is 4.98 Å². The lowest BCUT2D eigenvalue weighted by molar-refractivity contribution is 0.102. The Bertz CT molecular complexity index is 661. The zero-order valence-corrected chi connectivity index (χ0v) is 10.6. The van der Waals surface area contributed by atoms with E-state index in [1.165, 1.54) is 19.1 Å².